The van der Waals surface area contributed by atoms with E-state index >= 15 is 0 Å². The molecule has 0 aromatic carbocycles. The predicted octanol–water partition coefficient (Wildman–Crippen LogP) is 1.21. The Bertz CT molecular complexity index is 360. The van der Waals surface area contributed by atoms with Crippen molar-refractivity contribution in [3.8, 4) is 0 Å². The molecule has 94 valence electrons. The Morgan fingerprint density at radius 3 is 2.82 bits per heavy atom. The Labute approximate surface area is 103 Å². The average molecular weight is 235 g/mol. The van der Waals surface area contributed by atoms with Crippen LogP contribution in [0.2, 0.25) is 0 Å². The number of rotatable bonds is 5. The van der Waals surface area contributed by atoms with Gasteiger partial charge in [0.2, 0.25) is 5.91 Å². The standard InChI is InChI=1S/C13H21N3O/c1-10(14)7-12(17)16-9-13(2,3)11-5-4-6-15-8-11/h4-6,8,10H,7,9,14H2,1-3H3,(H,16,17). The van der Waals surface area contributed by atoms with E-state index < -0.39 is 0 Å². The molecule has 0 aliphatic heterocycles. The molecule has 0 saturated carbocycles. The molecule has 4 heteroatoms. The number of pyridine rings is 1. The molecule has 0 saturated heterocycles. The molecule has 4 nitrogen and oxygen atoms in total. The summed E-state index contributed by atoms with van der Waals surface area (Å²) in [5.74, 6) is -0.00281. The molecular formula is C13H21N3O. The van der Waals surface area contributed by atoms with Gasteiger partial charge in [0.15, 0.2) is 0 Å². The van der Waals surface area contributed by atoms with Gasteiger partial charge in [-0.15, -0.1) is 0 Å². The lowest BCUT2D eigenvalue weighted by atomic mass is 9.85. The minimum atomic E-state index is -0.123. The second-order valence-electron chi connectivity index (χ2n) is 5.08. The molecule has 0 fully saturated rings. The Kier molecular flexibility index (Phi) is 4.63. The Morgan fingerprint density at radius 2 is 2.29 bits per heavy atom. The van der Waals surface area contributed by atoms with Gasteiger partial charge in [-0.05, 0) is 18.6 Å². The largest absolute Gasteiger partial charge is 0.355 e. The number of nitrogens with two attached hydrogens (primary N) is 1. The Balaban J connectivity index is 2.53. The van der Waals surface area contributed by atoms with Gasteiger partial charge in [-0.1, -0.05) is 19.9 Å². The first-order valence-electron chi connectivity index (χ1n) is 5.84. The third kappa shape index (κ3) is 4.53. The van der Waals surface area contributed by atoms with Crippen LogP contribution in [0, 0.1) is 0 Å². The number of amides is 1. The fraction of sp³-hybridized carbons (Fsp3) is 0.538. The van der Waals surface area contributed by atoms with E-state index in [-0.39, 0.29) is 17.4 Å². The zero-order valence-corrected chi connectivity index (χ0v) is 10.7. The molecule has 0 aliphatic rings. The SMILES string of the molecule is CC(N)CC(=O)NCC(C)(C)c1cccnc1. The van der Waals surface area contributed by atoms with Crippen molar-refractivity contribution >= 4 is 5.91 Å². The monoisotopic (exact) mass is 235 g/mol. The third-order valence-electron chi connectivity index (χ3n) is 2.68. The summed E-state index contributed by atoms with van der Waals surface area (Å²) in [7, 11) is 0. The first kappa shape index (κ1) is 13.6. The second kappa shape index (κ2) is 5.77. The molecule has 1 rings (SSSR count). The number of nitrogens with zero attached hydrogens (tertiary/aromatic N) is 1. The first-order chi connectivity index (χ1) is 7.92. The molecule has 1 atom stereocenters. The zero-order valence-electron chi connectivity index (χ0n) is 10.7. The minimum Gasteiger partial charge on any atom is -0.355 e. The van der Waals surface area contributed by atoms with E-state index in [2.05, 4.69) is 24.1 Å². The number of hydrogen-bond donors (Lipinski definition) is 2. The number of aromatic nitrogens is 1. The van der Waals surface area contributed by atoms with Crippen LogP contribution in [0.5, 0.6) is 0 Å². The topological polar surface area (TPSA) is 68.0 Å². The minimum absolute atomic E-state index is 0.00281. The Hall–Kier alpha value is -1.42. The van der Waals surface area contributed by atoms with Crippen LogP contribution < -0.4 is 11.1 Å². The summed E-state index contributed by atoms with van der Waals surface area (Å²) in [6.07, 6.45) is 3.94. The number of carbonyl (C=O) groups excluding carboxylic acids is 1. The quantitative estimate of drug-likeness (QED) is 0.806. The summed E-state index contributed by atoms with van der Waals surface area (Å²) in [4.78, 5) is 15.6. The van der Waals surface area contributed by atoms with E-state index in [4.69, 9.17) is 5.73 Å². The number of nitrogens with one attached hydrogen (secondary N) is 1. The van der Waals surface area contributed by atoms with Crippen LogP contribution in [-0.4, -0.2) is 23.5 Å². The summed E-state index contributed by atoms with van der Waals surface area (Å²) in [6, 6.07) is 3.82. The molecule has 0 aliphatic carbocycles. The van der Waals surface area contributed by atoms with Gasteiger partial charge >= 0.3 is 0 Å². The molecule has 1 heterocycles. The normalized spacial score (nSPS) is 13.2. The summed E-state index contributed by atoms with van der Waals surface area (Å²) >= 11 is 0. The highest BCUT2D eigenvalue weighted by Gasteiger charge is 2.21. The molecule has 3 N–H and O–H groups in total. The van der Waals surface area contributed by atoms with E-state index in [0.29, 0.717) is 13.0 Å². The fourth-order valence-corrected chi connectivity index (χ4v) is 1.55. The molecule has 17 heavy (non-hydrogen) atoms. The van der Waals surface area contributed by atoms with Crippen molar-refractivity contribution in [1.82, 2.24) is 10.3 Å². The van der Waals surface area contributed by atoms with Crippen LogP contribution in [0.4, 0.5) is 0 Å². The lowest BCUT2D eigenvalue weighted by Crippen LogP contribution is -2.38. The van der Waals surface area contributed by atoms with Crippen LogP contribution in [0.15, 0.2) is 24.5 Å². The van der Waals surface area contributed by atoms with Gasteiger partial charge < -0.3 is 11.1 Å². The smallest absolute Gasteiger partial charge is 0.221 e. The van der Waals surface area contributed by atoms with E-state index in [9.17, 15) is 4.79 Å². The number of hydrogen-bond acceptors (Lipinski definition) is 3. The van der Waals surface area contributed by atoms with Crippen molar-refractivity contribution in [3.63, 3.8) is 0 Å². The van der Waals surface area contributed by atoms with E-state index in [1.165, 1.54) is 0 Å². The molecule has 1 unspecified atom stereocenters. The molecular weight excluding hydrogens is 214 g/mol. The van der Waals surface area contributed by atoms with Crippen LogP contribution in [0.25, 0.3) is 0 Å². The number of carbonyl (C=O) groups is 1. The highest BCUT2D eigenvalue weighted by Crippen LogP contribution is 2.20. The maximum absolute atomic E-state index is 11.5. The molecule has 0 spiro atoms. The third-order valence-corrected chi connectivity index (χ3v) is 2.68. The predicted molar refractivity (Wildman–Crippen MR) is 68.5 cm³/mol. The van der Waals surface area contributed by atoms with Crippen molar-refractivity contribution in [1.29, 1.82) is 0 Å². The maximum Gasteiger partial charge on any atom is 0.221 e. The van der Waals surface area contributed by atoms with Gasteiger partial charge in [0.25, 0.3) is 0 Å². The van der Waals surface area contributed by atoms with Crippen LogP contribution in [-0.2, 0) is 10.2 Å². The fourth-order valence-electron chi connectivity index (χ4n) is 1.55. The first-order valence-corrected chi connectivity index (χ1v) is 5.84. The van der Waals surface area contributed by atoms with E-state index in [1.54, 1.807) is 6.20 Å². The van der Waals surface area contributed by atoms with Gasteiger partial charge in [0, 0.05) is 36.8 Å². The second-order valence-corrected chi connectivity index (χ2v) is 5.08. The summed E-state index contributed by atoms with van der Waals surface area (Å²) in [6.45, 7) is 6.57. The van der Waals surface area contributed by atoms with Gasteiger partial charge in [-0.25, -0.2) is 0 Å². The maximum atomic E-state index is 11.5. The van der Waals surface area contributed by atoms with Crippen LogP contribution >= 0.6 is 0 Å². The molecule has 1 aromatic rings. The van der Waals surface area contributed by atoms with Crippen molar-refractivity contribution in [2.24, 2.45) is 5.73 Å². The summed E-state index contributed by atoms with van der Waals surface area (Å²) in [5, 5.41) is 2.91. The summed E-state index contributed by atoms with van der Waals surface area (Å²) in [5.41, 5.74) is 6.56. The van der Waals surface area contributed by atoms with E-state index in [1.807, 2.05) is 25.3 Å². The molecule has 0 radical (unpaired) electrons. The van der Waals surface area contributed by atoms with Gasteiger partial charge in [0.1, 0.15) is 0 Å². The van der Waals surface area contributed by atoms with Gasteiger partial charge in [-0.2, -0.15) is 0 Å². The van der Waals surface area contributed by atoms with Crippen molar-refractivity contribution in [2.45, 2.75) is 38.6 Å². The lowest BCUT2D eigenvalue weighted by Gasteiger charge is -2.25. The zero-order chi connectivity index (χ0) is 12.9. The van der Waals surface area contributed by atoms with Crippen molar-refractivity contribution < 1.29 is 4.79 Å². The average Bonchev–Trinajstić information content (AvgIpc) is 2.27. The molecule has 1 amide bonds. The highest BCUT2D eigenvalue weighted by atomic mass is 16.1. The van der Waals surface area contributed by atoms with Crippen LogP contribution in [0.1, 0.15) is 32.8 Å². The lowest BCUT2D eigenvalue weighted by molar-refractivity contribution is -0.121. The van der Waals surface area contributed by atoms with Gasteiger partial charge in [-0.3, -0.25) is 9.78 Å². The van der Waals surface area contributed by atoms with Crippen LogP contribution in [0.3, 0.4) is 0 Å². The molecule has 1 aromatic heterocycles. The summed E-state index contributed by atoms with van der Waals surface area (Å²) < 4.78 is 0. The van der Waals surface area contributed by atoms with Crippen molar-refractivity contribution in [2.75, 3.05) is 6.54 Å². The Morgan fingerprint density at radius 1 is 1.59 bits per heavy atom. The van der Waals surface area contributed by atoms with E-state index in [0.717, 1.165) is 5.56 Å². The highest BCUT2D eigenvalue weighted by molar-refractivity contribution is 5.76. The van der Waals surface area contributed by atoms with Crippen molar-refractivity contribution in [3.05, 3.63) is 30.1 Å². The van der Waals surface area contributed by atoms with Gasteiger partial charge in [0.05, 0.1) is 0 Å². The molecule has 0 bridgehead atoms.